The van der Waals surface area contributed by atoms with E-state index in [0.717, 1.165) is 11.1 Å². The van der Waals surface area contributed by atoms with E-state index in [9.17, 15) is 4.79 Å². The lowest BCUT2D eigenvalue weighted by molar-refractivity contribution is 0.0804. The van der Waals surface area contributed by atoms with Gasteiger partial charge in [0, 0.05) is 12.7 Å². The number of benzene rings is 3. The van der Waals surface area contributed by atoms with Crippen LogP contribution in [0.3, 0.4) is 0 Å². The molecule has 144 valence electrons. The summed E-state index contributed by atoms with van der Waals surface area (Å²) in [4.78, 5) is 12.4. The van der Waals surface area contributed by atoms with Gasteiger partial charge in [-0.15, -0.1) is 0 Å². The van der Waals surface area contributed by atoms with Gasteiger partial charge in [-0.05, 0) is 45.3 Å². The summed E-state index contributed by atoms with van der Waals surface area (Å²) >= 11 is 3.22. The highest BCUT2D eigenvalue weighted by Crippen LogP contribution is 2.31. The molecule has 0 spiro atoms. The molecule has 0 aliphatic carbocycles. The molecule has 0 aliphatic rings. The zero-order chi connectivity index (χ0) is 19.8. The maximum absolute atomic E-state index is 12.4. The molecule has 0 heterocycles. The van der Waals surface area contributed by atoms with Crippen molar-refractivity contribution in [3.8, 4) is 11.5 Å². The van der Waals surface area contributed by atoms with Crippen molar-refractivity contribution >= 4 is 21.7 Å². The van der Waals surface area contributed by atoms with Crippen LogP contribution >= 0.6 is 15.9 Å². The Bertz CT molecular complexity index is 897. The van der Waals surface area contributed by atoms with Crippen LogP contribution in [0.4, 0.5) is 0 Å². The molecule has 3 aromatic carbocycles. The number of carbonyl (C=O) groups is 1. The number of Topliss-reactive ketones (excluding diaryl/α,β-unsaturated/α-hetero) is 1. The largest absolute Gasteiger partial charge is 0.485 e. The fraction of sp³-hybridized carbons (Fsp3) is 0.174. The molecule has 0 aliphatic heterocycles. The van der Waals surface area contributed by atoms with Gasteiger partial charge in [-0.2, -0.15) is 0 Å². The summed E-state index contributed by atoms with van der Waals surface area (Å²) in [5.74, 6) is 0.919. The summed E-state index contributed by atoms with van der Waals surface area (Å²) in [6, 6.07) is 24.9. The van der Waals surface area contributed by atoms with Gasteiger partial charge in [0.15, 0.2) is 16.5 Å². The third kappa shape index (κ3) is 5.44. The zero-order valence-electron chi connectivity index (χ0n) is 15.5. The second-order valence-corrected chi connectivity index (χ2v) is 6.96. The van der Waals surface area contributed by atoms with E-state index in [-0.39, 0.29) is 5.78 Å². The normalized spacial score (nSPS) is 11.6. The number of rotatable bonds is 9. The van der Waals surface area contributed by atoms with Crippen molar-refractivity contribution in [1.82, 2.24) is 0 Å². The van der Waals surface area contributed by atoms with Gasteiger partial charge in [-0.25, -0.2) is 0 Å². The molecule has 0 radical (unpaired) electrons. The highest BCUT2D eigenvalue weighted by atomic mass is 79.9. The summed E-state index contributed by atoms with van der Waals surface area (Å²) < 4.78 is 17.0. The average molecular weight is 441 g/mol. The molecule has 1 atom stereocenters. The minimum absolute atomic E-state index is 0.179. The monoisotopic (exact) mass is 440 g/mol. The van der Waals surface area contributed by atoms with E-state index in [1.54, 1.807) is 18.2 Å². The molecule has 1 unspecified atom stereocenters. The number of hydrogen-bond acceptors (Lipinski definition) is 4. The molecule has 4 nitrogen and oxygen atoms in total. The fourth-order valence-electron chi connectivity index (χ4n) is 2.60. The molecule has 0 saturated carbocycles. The van der Waals surface area contributed by atoms with Gasteiger partial charge < -0.3 is 14.2 Å². The maximum atomic E-state index is 12.4. The molecule has 28 heavy (non-hydrogen) atoms. The van der Waals surface area contributed by atoms with Crippen molar-refractivity contribution in [2.24, 2.45) is 0 Å². The highest BCUT2D eigenvalue weighted by Gasteiger charge is 2.18. The number of carbonyl (C=O) groups excluding carboxylic acids is 1. The van der Waals surface area contributed by atoms with Gasteiger partial charge in [0.05, 0.1) is 0 Å². The third-order valence-electron chi connectivity index (χ3n) is 4.12. The Balaban J connectivity index is 1.81. The molecule has 0 bridgehead atoms. The topological polar surface area (TPSA) is 44.8 Å². The molecule has 0 N–H and O–H groups in total. The van der Waals surface area contributed by atoms with Crippen LogP contribution in [0.2, 0.25) is 0 Å². The first-order chi connectivity index (χ1) is 13.7. The first-order valence-electron chi connectivity index (χ1n) is 8.86. The van der Waals surface area contributed by atoms with Gasteiger partial charge >= 0.3 is 0 Å². The maximum Gasteiger partial charge on any atom is 0.202 e. The number of hydrogen-bond donors (Lipinski definition) is 0. The van der Waals surface area contributed by atoms with E-state index in [2.05, 4.69) is 15.9 Å². The highest BCUT2D eigenvalue weighted by molar-refractivity contribution is 9.09. The summed E-state index contributed by atoms with van der Waals surface area (Å²) in [5.41, 5.74) is 2.57. The first kappa shape index (κ1) is 20.1. The number of methoxy groups -OCH3 is 1. The Kier molecular flexibility index (Phi) is 7.23. The van der Waals surface area contributed by atoms with Crippen molar-refractivity contribution in [3.63, 3.8) is 0 Å². The van der Waals surface area contributed by atoms with Crippen molar-refractivity contribution in [2.75, 3.05) is 7.11 Å². The zero-order valence-corrected chi connectivity index (χ0v) is 17.1. The second kappa shape index (κ2) is 10.1. The summed E-state index contributed by atoms with van der Waals surface area (Å²) in [6.07, 6.45) is 0. The Morgan fingerprint density at radius 1 is 0.821 bits per heavy atom. The van der Waals surface area contributed by atoms with Crippen LogP contribution in [-0.2, 0) is 18.0 Å². The molecule has 0 aromatic heterocycles. The van der Waals surface area contributed by atoms with Crippen molar-refractivity contribution in [1.29, 1.82) is 0 Å². The van der Waals surface area contributed by atoms with E-state index in [1.165, 1.54) is 7.11 Å². The van der Waals surface area contributed by atoms with Gasteiger partial charge in [0.25, 0.3) is 0 Å². The molecule has 0 saturated heterocycles. The van der Waals surface area contributed by atoms with E-state index in [0.29, 0.717) is 30.3 Å². The summed E-state index contributed by atoms with van der Waals surface area (Å²) in [6.45, 7) is 0.789. The average Bonchev–Trinajstić information content (AvgIpc) is 2.76. The molecule has 3 rings (SSSR count). The molecule has 0 fully saturated rings. The third-order valence-corrected chi connectivity index (χ3v) is 4.91. The van der Waals surface area contributed by atoms with Crippen molar-refractivity contribution < 1.29 is 19.0 Å². The number of halogens is 1. The number of ketones is 1. The lowest BCUT2D eigenvalue weighted by Gasteiger charge is -2.15. The van der Waals surface area contributed by atoms with Crippen LogP contribution in [0.1, 0.15) is 21.5 Å². The van der Waals surface area contributed by atoms with E-state index >= 15 is 0 Å². The van der Waals surface area contributed by atoms with E-state index in [1.807, 2.05) is 60.7 Å². The Morgan fingerprint density at radius 2 is 1.36 bits per heavy atom. The Hall–Kier alpha value is -2.63. The molecular formula is C23H21BrO4. The molecular weight excluding hydrogens is 420 g/mol. The molecule has 3 aromatic rings. The van der Waals surface area contributed by atoms with Gasteiger partial charge in [-0.3, -0.25) is 4.79 Å². The SMILES string of the molecule is COC(Br)C(=O)c1ccc(OCc2ccccc2)c(OCc2ccccc2)c1. The van der Waals surface area contributed by atoms with Crippen LogP contribution in [0, 0.1) is 0 Å². The standard InChI is InChI=1S/C23H21BrO4/c1-26-23(24)22(25)19-12-13-20(27-15-17-8-4-2-5-9-17)21(14-19)28-16-18-10-6-3-7-11-18/h2-14,23H,15-16H2,1H3. The van der Waals surface area contributed by atoms with Crippen LogP contribution in [0.5, 0.6) is 11.5 Å². The lowest BCUT2D eigenvalue weighted by atomic mass is 10.1. The number of ether oxygens (including phenoxy) is 3. The van der Waals surface area contributed by atoms with Gasteiger partial charge in [-0.1, -0.05) is 60.7 Å². The smallest absolute Gasteiger partial charge is 0.202 e. The van der Waals surface area contributed by atoms with Crippen molar-refractivity contribution in [2.45, 2.75) is 18.2 Å². The Labute approximate surface area is 173 Å². The van der Waals surface area contributed by atoms with E-state index < -0.39 is 5.01 Å². The van der Waals surface area contributed by atoms with Crippen LogP contribution in [0.15, 0.2) is 78.9 Å². The van der Waals surface area contributed by atoms with Crippen molar-refractivity contribution in [3.05, 3.63) is 95.6 Å². The van der Waals surface area contributed by atoms with Crippen LogP contribution in [0.25, 0.3) is 0 Å². The Morgan fingerprint density at radius 3 is 1.89 bits per heavy atom. The first-order valence-corrected chi connectivity index (χ1v) is 9.77. The van der Waals surface area contributed by atoms with Gasteiger partial charge in [0.1, 0.15) is 13.2 Å². The summed E-state index contributed by atoms with van der Waals surface area (Å²) in [5, 5.41) is -0.703. The predicted octanol–water partition coefficient (Wildman–Crippen LogP) is 5.39. The minimum atomic E-state index is -0.703. The minimum Gasteiger partial charge on any atom is -0.485 e. The van der Waals surface area contributed by atoms with Crippen LogP contribution in [-0.4, -0.2) is 17.9 Å². The predicted molar refractivity (Wildman–Crippen MR) is 112 cm³/mol. The van der Waals surface area contributed by atoms with Gasteiger partial charge in [0.2, 0.25) is 5.78 Å². The second-order valence-electron chi connectivity index (χ2n) is 6.13. The summed E-state index contributed by atoms with van der Waals surface area (Å²) in [7, 11) is 1.47. The van der Waals surface area contributed by atoms with E-state index in [4.69, 9.17) is 14.2 Å². The quantitative estimate of drug-likeness (QED) is 0.330. The molecule has 0 amide bonds. The fourth-order valence-corrected chi connectivity index (χ4v) is 2.87. The molecule has 5 heteroatoms. The number of alkyl halides is 1. The van der Waals surface area contributed by atoms with Crippen LogP contribution < -0.4 is 9.47 Å². The lowest BCUT2D eigenvalue weighted by Crippen LogP contribution is -2.16.